The number of hydrogen-bond donors (Lipinski definition) is 0. The van der Waals surface area contributed by atoms with E-state index in [1.807, 2.05) is 98.4 Å². The van der Waals surface area contributed by atoms with Crippen LogP contribution in [0.2, 0.25) is 0 Å². The normalized spacial score (nSPS) is 11.2. The lowest BCUT2D eigenvalue weighted by atomic mass is 9.92. The van der Waals surface area contributed by atoms with Gasteiger partial charge in [-0.3, -0.25) is 29.9 Å². The van der Waals surface area contributed by atoms with Crippen LogP contribution in [0.25, 0.3) is 233 Å². The highest BCUT2D eigenvalue weighted by atomic mass is 14.7. The highest BCUT2D eigenvalue weighted by Gasteiger charge is 2.21. The van der Waals surface area contributed by atoms with Crippen LogP contribution >= 0.6 is 0 Å². The Morgan fingerprint density at radius 3 is 0.591 bits per heavy atom. The molecule has 0 radical (unpaired) electrons. The van der Waals surface area contributed by atoms with Crippen molar-refractivity contribution in [2.75, 3.05) is 0 Å². The molecule has 0 spiro atoms. The average molecular weight is 1690 g/mol. The zero-order chi connectivity index (χ0) is 87.9. The summed E-state index contributed by atoms with van der Waals surface area (Å²) in [4.78, 5) is 42.7. The Bertz CT molecular complexity index is 7110. The first kappa shape index (κ1) is 80.1. The largest absolute Gasteiger partial charge is 0.265 e. The molecular formula is C123H81N9. The van der Waals surface area contributed by atoms with Crippen LogP contribution in [0.3, 0.4) is 0 Å². The summed E-state index contributed by atoms with van der Waals surface area (Å²) in [5.74, 6) is 0. The average Bonchev–Trinajstić information content (AvgIpc) is 0.769. The van der Waals surface area contributed by atoms with Gasteiger partial charge >= 0.3 is 0 Å². The minimum atomic E-state index is 0.921. The summed E-state index contributed by atoms with van der Waals surface area (Å²) < 4.78 is 0. The lowest BCUT2D eigenvalue weighted by Crippen LogP contribution is -1.94. The number of rotatable bonds is 15. The van der Waals surface area contributed by atoms with Gasteiger partial charge in [0.1, 0.15) is 0 Å². The van der Waals surface area contributed by atoms with Gasteiger partial charge < -0.3 is 0 Å². The predicted molar refractivity (Wildman–Crippen MR) is 546 cm³/mol. The number of nitrogens with zero attached hydrogens (tertiary/aromatic N) is 9. The standard InChI is InChI=1S/3C41H27N3/c1-3-15-36-28(9-1)11-5-17-38(36)40-24-35(25-41(44-40)39-18-6-12-29-10-2-4-16-37(29)39)34-22-32(30-13-7-19-42-26-30)21-33(23-34)31-14-8-20-43-27-31;1-3-15-34-28(11-1)13-9-17-36(34)40-26-31(27-41(44-40)37-18-10-14-29-12-2-4-16-35(29)37)30-23-32(38-19-5-7-21-42-38)25-33(24-30)39-20-6-8-22-43-39;1-3-11-36-30(7-1)9-5-13-38(36)40-26-35(27-41(44-40)39-14-6-10-31-8-2-4-12-37(31)39)34-24-32(28-15-19-42-20-16-28)23-33(25-34)29-17-21-43-22-18-29/h3*1-27H. The van der Waals surface area contributed by atoms with Crippen molar-refractivity contribution in [1.82, 2.24) is 44.9 Å². The fourth-order valence-corrected chi connectivity index (χ4v) is 18.2. The van der Waals surface area contributed by atoms with Crippen LogP contribution in [0.15, 0.2) is 493 Å². The van der Waals surface area contributed by atoms with E-state index in [4.69, 9.17) is 15.0 Å². The Morgan fingerprint density at radius 2 is 0.341 bits per heavy atom. The van der Waals surface area contributed by atoms with Crippen LogP contribution in [0.1, 0.15) is 0 Å². The molecular weight excluding hydrogens is 1600 g/mol. The molecule has 0 aliphatic rings. The molecule has 0 N–H and O–H groups in total. The fraction of sp³-hybridized carbons (Fsp3) is 0. The van der Waals surface area contributed by atoms with Crippen molar-refractivity contribution in [1.29, 1.82) is 0 Å². The maximum absolute atomic E-state index is 5.34. The number of aromatic nitrogens is 9. The summed E-state index contributed by atoms with van der Waals surface area (Å²) in [5.41, 5.74) is 31.7. The van der Waals surface area contributed by atoms with Crippen LogP contribution in [-0.4, -0.2) is 44.9 Å². The first-order valence-corrected chi connectivity index (χ1v) is 44.3. The molecule has 0 aliphatic heterocycles. The maximum Gasteiger partial charge on any atom is 0.0721 e. The molecule has 0 unspecified atom stereocenters. The third-order valence-electron chi connectivity index (χ3n) is 24.6. The van der Waals surface area contributed by atoms with Gasteiger partial charge in [0, 0.05) is 118 Å². The molecule has 0 fully saturated rings. The van der Waals surface area contributed by atoms with E-state index < -0.39 is 0 Å². The molecule has 132 heavy (non-hydrogen) atoms. The second-order valence-electron chi connectivity index (χ2n) is 32.8. The molecule has 0 saturated carbocycles. The predicted octanol–water partition coefficient (Wildman–Crippen LogP) is 31.5. The van der Waals surface area contributed by atoms with Gasteiger partial charge in [0.25, 0.3) is 0 Å². The van der Waals surface area contributed by atoms with Gasteiger partial charge in [-0.25, -0.2) is 15.0 Å². The number of hydrogen-bond acceptors (Lipinski definition) is 9. The number of pyridine rings is 9. The van der Waals surface area contributed by atoms with Crippen molar-refractivity contribution in [3.05, 3.63) is 493 Å². The van der Waals surface area contributed by atoms with E-state index in [9.17, 15) is 0 Å². The first-order chi connectivity index (χ1) is 65.4. The third-order valence-corrected chi connectivity index (χ3v) is 24.6. The van der Waals surface area contributed by atoms with Crippen LogP contribution in [0.5, 0.6) is 0 Å². The molecule has 0 atom stereocenters. The van der Waals surface area contributed by atoms with E-state index in [1.54, 1.807) is 0 Å². The Morgan fingerprint density at radius 1 is 0.121 bits per heavy atom. The van der Waals surface area contributed by atoms with Crippen LogP contribution < -0.4 is 0 Å². The highest BCUT2D eigenvalue weighted by Crippen LogP contribution is 2.45. The zero-order valence-electron chi connectivity index (χ0n) is 71.8. The monoisotopic (exact) mass is 1680 g/mol. The van der Waals surface area contributed by atoms with Gasteiger partial charge in [-0.2, -0.15) is 0 Å². The summed E-state index contributed by atoms with van der Waals surface area (Å²) >= 11 is 0. The molecule has 618 valence electrons. The lowest BCUT2D eigenvalue weighted by Gasteiger charge is -2.15. The van der Waals surface area contributed by atoms with E-state index in [0.29, 0.717) is 0 Å². The summed E-state index contributed by atoms with van der Waals surface area (Å²) in [7, 11) is 0. The van der Waals surface area contributed by atoms with Crippen LogP contribution in [0.4, 0.5) is 0 Å². The second-order valence-corrected chi connectivity index (χ2v) is 32.8. The molecule has 0 amide bonds. The summed E-state index contributed by atoms with van der Waals surface area (Å²) in [6, 6.07) is 152. The number of benzene rings is 15. The van der Waals surface area contributed by atoms with Crippen molar-refractivity contribution in [2.24, 2.45) is 0 Å². The van der Waals surface area contributed by atoms with Crippen molar-refractivity contribution < 1.29 is 0 Å². The molecule has 9 nitrogen and oxygen atoms in total. The number of fused-ring (bicyclic) bond motifs is 6. The van der Waals surface area contributed by atoms with Crippen molar-refractivity contribution in [3.8, 4) is 168 Å². The van der Waals surface area contributed by atoms with Gasteiger partial charge in [0.05, 0.1) is 45.6 Å². The smallest absolute Gasteiger partial charge is 0.0721 e. The molecule has 0 aliphatic carbocycles. The summed E-state index contributed by atoms with van der Waals surface area (Å²) in [6.45, 7) is 0. The van der Waals surface area contributed by atoms with Crippen LogP contribution in [-0.2, 0) is 0 Å². The Kier molecular flexibility index (Phi) is 22.0. The SMILES string of the molecule is c1ccc(-c2cc(-c3cc(-c4cccc5ccccc45)nc(-c4cccc5ccccc45)c3)cc(-c3ccccn3)c2)nc1.c1ccc2c(-c3cc(-c4cc(-c5ccncc5)cc(-c5ccncc5)c4)cc(-c4cccc5ccccc45)n3)cccc2c1.c1cncc(-c2cc(-c3cccnc3)cc(-c3cc(-c4cccc5ccccc45)nc(-c4cccc5ccccc45)c3)c2)c1. The minimum absolute atomic E-state index is 0.921. The van der Waals surface area contributed by atoms with E-state index in [1.165, 1.54) is 64.6 Å². The molecule has 15 aromatic carbocycles. The van der Waals surface area contributed by atoms with E-state index in [-0.39, 0.29) is 0 Å². The Balaban J connectivity index is 0.000000116. The Hall–Kier alpha value is -17.8. The highest BCUT2D eigenvalue weighted by molar-refractivity contribution is 6.04. The minimum Gasteiger partial charge on any atom is -0.265 e. The van der Waals surface area contributed by atoms with E-state index in [0.717, 1.165) is 168 Å². The molecule has 9 aromatic heterocycles. The van der Waals surface area contributed by atoms with Crippen LogP contribution in [0, 0.1) is 0 Å². The second kappa shape index (κ2) is 36.3. The Labute approximate surface area is 764 Å². The lowest BCUT2D eigenvalue weighted by molar-refractivity contribution is 1.31. The molecule has 0 saturated heterocycles. The van der Waals surface area contributed by atoms with Gasteiger partial charge in [0.2, 0.25) is 0 Å². The first-order valence-electron chi connectivity index (χ1n) is 44.3. The molecule has 9 heterocycles. The van der Waals surface area contributed by atoms with E-state index in [2.05, 4.69) is 424 Å². The topological polar surface area (TPSA) is 116 Å². The fourth-order valence-electron chi connectivity index (χ4n) is 18.2. The summed E-state index contributed by atoms with van der Waals surface area (Å²) in [5, 5.41) is 14.3. The molecule has 24 aromatic rings. The van der Waals surface area contributed by atoms with Gasteiger partial charge in [0.15, 0.2) is 0 Å². The van der Waals surface area contributed by atoms with Crippen molar-refractivity contribution >= 4 is 64.6 Å². The zero-order valence-corrected chi connectivity index (χ0v) is 71.8. The third kappa shape index (κ3) is 16.7. The molecule has 24 rings (SSSR count). The van der Waals surface area contributed by atoms with Gasteiger partial charge in [-0.05, 0) is 283 Å². The van der Waals surface area contributed by atoms with Crippen molar-refractivity contribution in [3.63, 3.8) is 0 Å². The van der Waals surface area contributed by atoms with Gasteiger partial charge in [-0.15, -0.1) is 0 Å². The van der Waals surface area contributed by atoms with Crippen molar-refractivity contribution in [2.45, 2.75) is 0 Å². The maximum atomic E-state index is 5.34. The van der Waals surface area contributed by atoms with Gasteiger partial charge in [-0.1, -0.05) is 279 Å². The molecule has 0 bridgehead atoms. The summed E-state index contributed by atoms with van der Waals surface area (Å²) in [6.07, 6.45) is 18.5. The van der Waals surface area contributed by atoms with E-state index >= 15 is 0 Å². The quantitative estimate of drug-likeness (QED) is 0.0989. The molecule has 9 heteroatoms.